The Balaban J connectivity index is 3.00. The van der Waals surface area contributed by atoms with E-state index in [0.717, 1.165) is 25.7 Å². The second-order valence-corrected chi connectivity index (χ2v) is 5.13. The molecule has 0 aromatic carbocycles. The van der Waals surface area contributed by atoms with Crippen LogP contribution in [0.15, 0.2) is 5.16 Å². The largest absolute Gasteiger partial charge is 0.465 e. The molecule has 0 radical (unpaired) electrons. The zero-order valence-corrected chi connectivity index (χ0v) is 12.8. The number of carbonyl (C=O) groups is 2. The highest BCUT2D eigenvalue weighted by Crippen LogP contribution is 2.28. The lowest BCUT2D eigenvalue weighted by Gasteiger charge is -2.26. The summed E-state index contributed by atoms with van der Waals surface area (Å²) in [6, 6.07) is 0. The maximum Gasteiger partial charge on any atom is 0.321 e. The van der Waals surface area contributed by atoms with Crippen LogP contribution in [0.25, 0.3) is 0 Å². The molecule has 0 aromatic heterocycles. The molecule has 0 bridgehead atoms. The molecule has 0 spiro atoms. The fourth-order valence-electron chi connectivity index (χ4n) is 2.75. The van der Waals surface area contributed by atoms with Crippen molar-refractivity contribution in [3.8, 4) is 0 Å². The van der Waals surface area contributed by atoms with Crippen LogP contribution in [0.1, 0.15) is 52.4 Å². The number of rotatable bonds is 5. The maximum absolute atomic E-state index is 12.2. The molecule has 1 N–H and O–H groups in total. The Morgan fingerprint density at radius 2 is 1.71 bits per heavy atom. The van der Waals surface area contributed by atoms with E-state index in [4.69, 9.17) is 9.47 Å². The van der Waals surface area contributed by atoms with Crippen LogP contribution in [0.2, 0.25) is 0 Å². The minimum Gasteiger partial charge on any atom is -0.465 e. The number of hydrogen-bond acceptors (Lipinski definition) is 6. The van der Waals surface area contributed by atoms with E-state index in [9.17, 15) is 14.8 Å². The van der Waals surface area contributed by atoms with Gasteiger partial charge in [0.15, 0.2) is 5.92 Å². The highest BCUT2D eigenvalue weighted by atomic mass is 16.6. The molecule has 1 aliphatic carbocycles. The monoisotopic (exact) mass is 299 g/mol. The van der Waals surface area contributed by atoms with Crippen molar-refractivity contribution in [2.75, 3.05) is 13.2 Å². The Morgan fingerprint density at radius 3 is 2.24 bits per heavy atom. The lowest BCUT2D eigenvalue weighted by Crippen LogP contribution is -2.38. The molecular formula is C15H25NO5. The summed E-state index contributed by atoms with van der Waals surface area (Å²) >= 11 is 0. The van der Waals surface area contributed by atoms with E-state index in [1.54, 1.807) is 13.8 Å². The summed E-state index contributed by atoms with van der Waals surface area (Å²) in [6.45, 7) is 3.79. The van der Waals surface area contributed by atoms with Gasteiger partial charge in [-0.15, -0.1) is 0 Å². The summed E-state index contributed by atoms with van der Waals surface area (Å²) < 4.78 is 10.0. The highest BCUT2D eigenvalue weighted by Gasteiger charge is 2.40. The number of nitrogens with zero attached hydrogens (tertiary/aromatic N) is 1. The van der Waals surface area contributed by atoms with Gasteiger partial charge in [-0.05, 0) is 33.1 Å². The first kappa shape index (κ1) is 17.5. The molecule has 0 amide bonds. The molecule has 0 aliphatic heterocycles. The second-order valence-electron chi connectivity index (χ2n) is 5.13. The van der Waals surface area contributed by atoms with Gasteiger partial charge in [-0.25, -0.2) is 0 Å². The van der Waals surface area contributed by atoms with Crippen LogP contribution < -0.4 is 0 Å². The van der Waals surface area contributed by atoms with Gasteiger partial charge in [0.25, 0.3) is 0 Å². The molecule has 1 aliphatic rings. The van der Waals surface area contributed by atoms with E-state index < -0.39 is 23.8 Å². The van der Waals surface area contributed by atoms with Gasteiger partial charge in [-0.2, -0.15) is 0 Å². The van der Waals surface area contributed by atoms with Gasteiger partial charge < -0.3 is 14.7 Å². The molecule has 1 saturated carbocycles. The third-order valence-electron chi connectivity index (χ3n) is 3.74. The molecule has 1 atom stereocenters. The molecule has 1 unspecified atom stereocenters. The van der Waals surface area contributed by atoms with Crippen LogP contribution in [-0.2, 0) is 19.1 Å². The van der Waals surface area contributed by atoms with E-state index >= 15 is 0 Å². The quantitative estimate of drug-likeness (QED) is 0.365. The van der Waals surface area contributed by atoms with Crippen LogP contribution in [-0.4, -0.2) is 36.1 Å². The van der Waals surface area contributed by atoms with Gasteiger partial charge in [-0.3, -0.25) is 9.59 Å². The van der Waals surface area contributed by atoms with E-state index in [0.29, 0.717) is 18.6 Å². The predicted molar refractivity (Wildman–Crippen MR) is 77.2 cm³/mol. The Kier molecular flexibility index (Phi) is 7.79. The number of carbonyl (C=O) groups excluding carboxylic acids is 2. The van der Waals surface area contributed by atoms with E-state index in [-0.39, 0.29) is 13.2 Å². The van der Waals surface area contributed by atoms with Crippen LogP contribution in [0, 0.1) is 11.8 Å². The predicted octanol–water partition coefficient (Wildman–Crippen LogP) is 2.53. The highest BCUT2D eigenvalue weighted by molar-refractivity contribution is 6.01. The molecule has 21 heavy (non-hydrogen) atoms. The third-order valence-corrected chi connectivity index (χ3v) is 3.74. The fourth-order valence-corrected chi connectivity index (χ4v) is 2.75. The summed E-state index contributed by atoms with van der Waals surface area (Å²) in [7, 11) is 0. The van der Waals surface area contributed by atoms with Gasteiger partial charge in [-0.1, -0.05) is 24.4 Å². The van der Waals surface area contributed by atoms with Crippen molar-refractivity contribution in [3.05, 3.63) is 0 Å². The first-order valence-electron chi connectivity index (χ1n) is 7.69. The summed E-state index contributed by atoms with van der Waals surface area (Å²) in [4.78, 5) is 24.3. The molecule has 6 heteroatoms. The van der Waals surface area contributed by atoms with Crippen molar-refractivity contribution in [1.29, 1.82) is 0 Å². The Morgan fingerprint density at radius 1 is 1.14 bits per heavy atom. The van der Waals surface area contributed by atoms with Crippen LogP contribution in [0.4, 0.5) is 0 Å². The molecule has 0 saturated heterocycles. The zero-order chi connectivity index (χ0) is 15.7. The smallest absolute Gasteiger partial charge is 0.321 e. The van der Waals surface area contributed by atoms with Gasteiger partial charge >= 0.3 is 11.9 Å². The third kappa shape index (κ3) is 5.02. The Labute approximate surface area is 125 Å². The van der Waals surface area contributed by atoms with Gasteiger partial charge in [0.05, 0.1) is 18.9 Å². The number of hydrogen-bond donors (Lipinski definition) is 1. The number of esters is 2. The Bertz CT molecular complexity index is 362. The van der Waals surface area contributed by atoms with Gasteiger partial charge in [0.2, 0.25) is 0 Å². The first-order valence-corrected chi connectivity index (χ1v) is 7.69. The van der Waals surface area contributed by atoms with Crippen molar-refractivity contribution < 1.29 is 24.3 Å². The molecule has 1 rings (SSSR count). The number of ether oxygens (including phenoxy) is 2. The first-order chi connectivity index (χ1) is 10.2. The topological polar surface area (TPSA) is 85.2 Å². The standard InChI is InChI=1S/C15H25NO5/c1-3-20-14(17)13(15(18)21-4-2)11-9-7-5-6-8-10-12(11)16-19/h11,13,19H,3-10H2,1-2H3/b16-12-. The van der Waals surface area contributed by atoms with E-state index in [1.165, 1.54) is 0 Å². The van der Waals surface area contributed by atoms with E-state index in [1.807, 2.05) is 0 Å². The summed E-state index contributed by atoms with van der Waals surface area (Å²) in [5, 5.41) is 12.6. The van der Waals surface area contributed by atoms with Crippen molar-refractivity contribution >= 4 is 17.7 Å². The zero-order valence-electron chi connectivity index (χ0n) is 12.8. The molecular weight excluding hydrogens is 274 g/mol. The van der Waals surface area contributed by atoms with Gasteiger partial charge in [0.1, 0.15) is 0 Å². The molecule has 6 nitrogen and oxygen atoms in total. The van der Waals surface area contributed by atoms with Crippen molar-refractivity contribution in [2.45, 2.75) is 52.4 Å². The molecule has 1 fully saturated rings. The van der Waals surface area contributed by atoms with Crippen LogP contribution in [0.5, 0.6) is 0 Å². The maximum atomic E-state index is 12.2. The summed E-state index contributed by atoms with van der Waals surface area (Å²) in [6.07, 6.45) is 5.12. The SMILES string of the molecule is CCOC(=O)C(C(=O)OCC)C1CCCCCC/C1=N/O. The molecule has 0 heterocycles. The minimum absolute atomic E-state index is 0.201. The Hall–Kier alpha value is -1.59. The van der Waals surface area contributed by atoms with Crippen molar-refractivity contribution in [2.24, 2.45) is 17.0 Å². The van der Waals surface area contributed by atoms with Crippen LogP contribution in [0.3, 0.4) is 0 Å². The average molecular weight is 299 g/mol. The average Bonchev–Trinajstić information content (AvgIpc) is 2.42. The number of oxime groups is 1. The minimum atomic E-state index is -1.03. The lowest BCUT2D eigenvalue weighted by molar-refractivity contribution is -0.163. The van der Waals surface area contributed by atoms with Crippen molar-refractivity contribution in [3.63, 3.8) is 0 Å². The lowest BCUT2D eigenvalue weighted by atomic mass is 9.80. The molecule has 0 aromatic rings. The summed E-state index contributed by atoms with van der Waals surface area (Å²) in [5.74, 6) is -2.66. The van der Waals surface area contributed by atoms with Crippen molar-refractivity contribution in [1.82, 2.24) is 0 Å². The van der Waals surface area contributed by atoms with Gasteiger partial charge in [0, 0.05) is 5.92 Å². The second kappa shape index (κ2) is 9.37. The summed E-state index contributed by atoms with van der Waals surface area (Å²) in [5.41, 5.74) is 0.501. The normalized spacial score (nSPS) is 21.7. The fraction of sp³-hybridized carbons (Fsp3) is 0.800. The molecule has 120 valence electrons. The van der Waals surface area contributed by atoms with E-state index in [2.05, 4.69) is 5.16 Å². The van der Waals surface area contributed by atoms with Crippen LogP contribution >= 0.6 is 0 Å².